The summed E-state index contributed by atoms with van der Waals surface area (Å²) in [6.45, 7) is 11.2. The minimum Gasteiger partial charge on any atom is -0.305 e. The smallest absolute Gasteiger partial charge is 0.0192 e. The minimum atomic E-state index is 0. The van der Waals surface area contributed by atoms with E-state index < -0.39 is 0 Å². The van der Waals surface area contributed by atoms with Crippen LogP contribution in [-0.2, 0) is 26.5 Å². The van der Waals surface area contributed by atoms with Gasteiger partial charge < -0.3 is 9.97 Å². The van der Waals surface area contributed by atoms with E-state index in [1.165, 1.54) is 22.3 Å². The first kappa shape index (κ1) is 30.2. The van der Waals surface area contributed by atoms with Gasteiger partial charge in [0.15, 0.2) is 0 Å². The monoisotopic (exact) mass is 689 g/mol. The van der Waals surface area contributed by atoms with Crippen molar-refractivity contribution in [3.05, 3.63) is 144 Å². The summed E-state index contributed by atoms with van der Waals surface area (Å²) < 4.78 is 0. The number of nitrogens with zero attached hydrogens (tertiary/aromatic N) is 2. The Labute approximate surface area is 248 Å². The Morgan fingerprint density at radius 1 is 0.718 bits per heavy atom. The fourth-order valence-electron chi connectivity index (χ4n) is 4.38. The second kappa shape index (κ2) is 14.1. The summed E-state index contributed by atoms with van der Waals surface area (Å²) in [4.78, 5) is 8.96. The Morgan fingerprint density at radius 3 is 1.87 bits per heavy atom. The van der Waals surface area contributed by atoms with Crippen molar-refractivity contribution in [2.75, 3.05) is 0 Å². The largest absolute Gasteiger partial charge is 0.305 e. The molecule has 2 heterocycles. The molecule has 0 fully saturated rings. The van der Waals surface area contributed by atoms with E-state index in [4.69, 9.17) is 0 Å². The number of hydrogen-bond acceptors (Lipinski definition) is 2. The van der Waals surface area contributed by atoms with Gasteiger partial charge in [0, 0.05) is 38.4 Å². The van der Waals surface area contributed by atoms with Crippen molar-refractivity contribution in [1.29, 1.82) is 0 Å². The van der Waals surface area contributed by atoms with Crippen LogP contribution in [-0.4, -0.2) is 9.97 Å². The topological polar surface area (TPSA) is 25.8 Å². The van der Waals surface area contributed by atoms with Crippen molar-refractivity contribution >= 4 is 0 Å². The normalized spacial score (nSPS) is 11.5. The molecule has 0 aliphatic carbocycles. The Morgan fingerprint density at radius 2 is 1.31 bits per heavy atom. The van der Waals surface area contributed by atoms with Crippen molar-refractivity contribution in [3.8, 4) is 22.5 Å². The molecule has 3 aromatic carbocycles. The van der Waals surface area contributed by atoms with E-state index in [-0.39, 0.29) is 20.1 Å². The van der Waals surface area contributed by atoms with Gasteiger partial charge in [-0.15, -0.1) is 71.8 Å². The van der Waals surface area contributed by atoms with Gasteiger partial charge >= 0.3 is 0 Å². The Bertz CT molecular complexity index is 1430. The number of aryl methyl sites for hydroxylation is 1. The molecule has 5 aromatic rings. The molecule has 1 unspecified atom stereocenters. The molecular weight excluding hydrogens is 653 g/mol. The van der Waals surface area contributed by atoms with Crippen molar-refractivity contribution in [1.82, 2.24) is 9.97 Å². The molecule has 0 amide bonds. The Kier molecular flexibility index (Phi) is 10.9. The molecule has 2 aromatic heterocycles. The average Bonchev–Trinajstić information content (AvgIpc) is 2.95. The van der Waals surface area contributed by atoms with Crippen LogP contribution >= 0.6 is 0 Å². The fraction of sp³-hybridized carbons (Fsp3) is 0.222. The van der Waals surface area contributed by atoms with Crippen LogP contribution in [0.15, 0.2) is 109 Å². The van der Waals surface area contributed by atoms with Crippen LogP contribution in [0.2, 0.25) is 0 Å². The van der Waals surface area contributed by atoms with Crippen LogP contribution in [0.5, 0.6) is 0 Å². The standard InChI is InChI=1S/C19H16N.C17H20N.Ir/c1-15(16-8-4-2-5-9-16)18-12-13-20-19(14-18)17-10-6-3-7-11-17;1-13-12-18-16(14-8-6-5-7-9-14)10-15(13)11-17(2,3)4;/h2-10,12-15H,1H3;5-8,10,12H,11H2,1-4H3;/q2*-1;. The summed E-state index contributed by atoms with van der Waals surface area (Å²) >= 11 is 0. The van der Waals surface area contributed by atoms with E-state index in [9.17, 15) is 0 Å². The summed E-state index contributed by atoms with van der Waals surface area (Å²) in [5, 5.41) is 0. The van der Waals surface area contributed by atoms with Gasteiger partial charge in [-0.2, -0.15) is 0 Å². The van der Waals surface area contributed by atoms with Crippen LogP contribution < -0.4 is 0 Å². The number of hydrogen-bond donors (Lipinski definition) is 0. The van der Waals surface area contributed by atoms with Crippen LogP contribution in [0.25, 0.3) is 22.5 Å². The molecule has 0 N–H and O–H groups in total. The molecule has 1 atom stereocenters. The zero-order chi connectivity index (χ0) is 27.0. The van der Waals surface area contributed by atoms with E-state index in [1.54, 1.807) is 0 Å². The van der Waals surface area contributed by atoms with E-state index in [1.807, 2.05) is 60.9 Å². The van der Waals surface area contributed by atoms with E-state index >= 15 is 0 Å². The Balaban J connectivity index is 0.000000211. The number of aromatic nitrogens is 2. The Hall–Kier alpha value is -3.39. The first-order valence-corrected chi connectivity index (χ1v) is 13.2. The van der Waals surface area contributed by atoms with Gasteiger partial charge in [-0.1, -0.05) is 75.7 Å². The third-order valence-corrected chi connectivity index (χ3v) is 6.49. The van der Waals surface area contributed by atoms with Gasteiger partial charge in [-0.05, 0) is 52.9 Å². The summed E-state index contributed by atoms with van der Waals surface area (Å²) in [6.07, 6.45) is 4.92. The van der Waals surface area contributed by atoms with E-state index in [0.29, 0.717) is 11.3 Å². The first-order valence-electron chi connectivity index (χ1n) is 13.2. The number of pyridine rings is 2. The third kappa shape index (κ3) is 8.82. The zero-order valence-electron chi connectivity index (χ0n) is 23.4. The van der Waals surface area contributed by atoms with Crippen LogP contribution in [0.3, 0.4) is 0 Å². The van der Waals surface area contributed by atoms with Gasteiger partial charge in [0.2, 0.25) is 0 Å². The van der Waals surface area contributed by atoms with Gasteiger partial charge in [0.25, 0.3) is 0 Å². The maximum absolute atomic E-state index is 4.51. The quantitative estimate of drug-likeness (QED) is 0.172. The van der Waals surface area contributed by atoms with Crippen LogP contribution in [0.4, 0.5) is 0 Å². The second-order valence-corrected chi connectivity index (χ2v) is 10.9. The molecule has 39 heavy (non-hydrogen) atoms. The average molecular weight is 689 g/mol. The molecule has 0 spiro atoms. The molecule has 0 aliphatic rings. The summed E-state index contributed by atoms with van der Waals surface area (Å²) in [7, 11) is 0. The molecule has 3 heteroatoms. The SMILES string of the molecule is CC(c1ccccc1)c1ccnc(-c2[c-]cccc2)c1.Cc1cnc(-c2[c-]cccc2)cc1CC(C)(C)C.[Ir]. The van der Waals surface area contributed by atoms with Gasteiger partial charge in [0.1, 0.15) is 0 Å². The van der Waals surface area contributed by atoms with Gasteiger partial charge in [-0.25, -0.2) is 0 Å². The van der Waals surface area contributed by atoms with Crippen LogP contribution in [0, 0.1) is 24.5 Å². The molecule has 201 valence electrons. The van der Waals surface area contributed by atoms with Crippen LogP contribution in [0.1, 0.15) is 55.9 Å². The van der Waals surface area contributed by atoms with Gasteiger partial charge in [-0.3, -0.25) is 0 Å². The van der Waals surface area contributed by atoms with E-state index in [0.717, 1.165) is 28.9 Å². The number of rotatable bonds is 5. The number of benzene rings is 3. The molecule has 0 bridgehead atoms. The maximum atomic E-state index is 4.51. The minimum absolute atomic E-state index is 0. The fourth-order valence-corrected chi connectivity index (χ4v) is 4.38. The second-order valence-electron chi connectivity index (χ2n) is 10.9. The first-order chi connectivity index (χ1) is 18.3. The van der Waals surface area contributed by atoms with E-state index in [2.05, 4.69) is 105 Å². The predicted octanol–water partition coefficient (Wildman–Crippen LogP) is 9.14. The molecule has 2 nitrogen and oxygen atoms in total. The summed E-state index contributed by atoms with van der Waals surface area (Å²) in [5.41, 5.74) is 9.63. The van der Waals surface area contributed by atoms with Crippen molar-refractivity contribution in [3.63, 3.8) is 0 Å². The summed E-state index contributed by atoms with van der Waals surface area (Å²) in [6, 6.07) is 39.4. The van der Waals surface area contributed by atoms with Gasteiger partial charge in [0.05, 0.1) is 0 Å². The molecule has 5 rings (SSSR count). The molecular formula is C36H36IrN2-2. The van der Waals surface area contributed by atoms with Crippen molar-refractivity contribution in [2.45, 2.75) is 47.0 Å². The maximum Gasteiger partial charge on any atom is 0.0192 e. The predicted molar refractivity (Wildman–Crippen MR) is 159 cm³/mol. The van der Waals surface area contributed by atoms with Crippen molar-refractivity contribution in [2.24, 2.45) is 5.41 Å². The molecule has 0 saturated carbocycles. The third-order valence-electron chi connectivity index (χ3n) is 6.49. The molecule has 0 saturated heterocycles. The molecule has 1 radical (unpaired) electrons. The van der Waals surface area contributed by atoms with Crippen molar-refractivity contribution < 1.29 is 20.1 Å². The molecule has 0 aliphatic heterocycles. The zero-order valence-corrected chi connectivity index (χ0v) is 25.8. The summed E-state index contributed by atoms with van der Waals surface area (Å²) in [5.74, 6) is 0.363.